The van der Waals surface area contributed by atoms with Crippen molar-refractivity contribution in [2.75, 3.05) is 6.61 Å². The minimum atomic E-state index is -0.225. The summed E-state index contributed by atoms with van der Waals surface area (Å²) < 4.78 is 19.1. The van der Waals surface area contributed by atoms with Crippen molar-refractivity contribution in [2.45, 2.75) is 19.8 Å². The lowest BCUT2D eigenvalue weighted by Gasteiger charge is -2.06. The second-order valence-corrected chi connectivity index (χ2v) is 4.15. The van der Waals surface area contributed by atoms with E-state index in [4.69, 9.17) is 4.74 Å². The van der Waals surface area contributed by atoms with Crippen molar-refractivity contribution in [2.24, 2.45) is 0 Å². The van der Waals surface area contributed by atoms with Crippen molar-refractivity contribution in [3.63, 3.8) is 0 Å². The lowest BCUT2D eigenvalue weighted by Crippen LogP contribution is -1.98. The van der Waals surface area contributed by atoms with Gasteiger partial charge in [0.15, 0.2) is 0 Å². The van der Waals surface area contributed by atoms with Crippen LogP contribution < -0.4 is 4.74 Å². The Morgan fingerprint density at radius 3 is 2.93 bits per heavy atom. The SMILES string of the molecule is CCC=CCCOc1cccc(F)c1I. The summed E-state index contributed by atoms with van der Waals surface area (Å²) in [5.74, 6) is 0.401. The Balaban J connectivity index is 2.44. The maximum Gasteiger partial charge on any atom is 0.140 e. The summed E-state index contributed by atoms with van der Waals surface area (Å²) in [6, 6.07) is 4.88. The van der Waals surface area contributed by atoms with Crippen molar-refractivity contribution in [3.05, 3.63) is 39.7 Å². The summed E-state index contributed by atoms with van der Waals surface area (Å²) in [5, 5.41) is 0. The second kappa shape index (κ2) is 6.82. The van der Waals surface area contributed by atoms with E-state index in [-0.39, 0.29) is 5.82 Å². The van der Waals surface area contributed by atoms with Crippen LogP contribution in [0.3, 0.4) is 0 Å². The molecule has 0 aliphatic heterocycles. The fourth-order valence-electron chi connectivity index (χ4n) is 1.12. The molecule has 0 heterocycles. The van der Waals surface area contributed by atoms with Crippen LogP contribution in [0.25, 0.3) is 0 Å². The molecule has 0 atom stereocenters. The van der Waals surface area contributed by atoms with Gasteiger partial charge in [-0.05, 0) is 47.6 Å². The van der Waals surface area contributed by atoms with Crippen LogP contribution >= 0.6 is 22.6 Å². The average Bonchev–Trinajstić information content (AvgIpc) is 2.24. The molecule has 0 saturated carbocycles. The quantitative estimate of drug-likeness (QED) is 0.450. The Labute approximate surface area is 103 Å². The van der Waals surface area contributed by atoms with Gasteiger partial charge in [0.2, 0.25) is 0 Å². The first-order chi connectivity index (χ1) is 7.25. The van der Waals surface area contributed by atoms with Gasteiger partial charge in [0.05, 0.1) is 10.2 Å². The molecule has 1 aromatic carbocycles. The minimum Gasteiger partial charge on any atom is -0.492 e. The molecule has 1 aromatic rings. The lowest BCUT2D eigenvalue weighted by molar-refractivity contribution is 0.320. The maximum absolute atomic E-state index is 13.1. The van der Waals surface area contributed by atoms with E-state index >= 15 is 0 Å². The molecule has 0 amide bonds. The summed E-state index contributed by atoms with van der Waals surface area (Å²) in [6.07, 6.45) is 6.07. The molecule has 0 N–H and O–H groups in total. The zero-order valence-corrected chi connectivity index (χ0v) is 10.8. The molecule has 0 saturated heterocycles. The summed E-state index contributed by atoms with van der Waals surface area (Å²) in [7, 11) is 0. The van der Waals surface area contributed by atoms with Crippen LogP contribution in [-0.4, -0.2) is 6.61 Å². The predicted octanol–water partition coefficient (Wildman–Crippen LogP) is 4.17. The number of allylic oxidation sites excluding steroid dienone is 1. The van der Waals surface area contributed by atoms with E-state index in [0.29, 0.717) is 15.9 Å². The van der Waals surface area contributed by atoms with E-state index in [1.807, 2.05) is 22.6 Å². The first-order valence-electron chi connectivity index (χ1n) is 4.97. The molecule has 82 valence electrons. The van der Waals surface area contributed by atoms with Gasteiger partial charge < -0.3 is 4.74 Å². The smallest absolute Gasteiger partial charge is 0.140 e. The third kappa shape index (κ3) is 4.20. The zero-order chi connectivity index (χ0) is 11.1. The van der Waals surface area contributed by atoms with E-state index in [9.17, 15) is 4.39 Å². The highest BCUT2D eigenvalue weighted by atomic mass is 127. The van der Waals surface area contributed by atoms with Crippen LogP contribution in [-0.2, 0) is 0 Å². The van der Waals surface area contributed by atoms with E-state index in [1.165, 1.54) is 6.07 Å². The molecule has 0 radical (unpaired) electrons. The Hall–Kier alpha value is -0.580. The highest BCUT2D eigenvalue weighted by Crippen LogP contribution is 2.23. The molecule has 1 nitrogen and oxygen atoms in total. The number of benzene rings is 1. The predicted molar refractivity (Wildman–Crippen MR) is 68.7 cm³/mol. The van der Waals surface area contributed by atoms with Crippen molar-refractivity contribution in [1.82, 2.24) is 0 Å². The van der Waals surface area contributed by atoms with Gasteiger partial charge in [-0.15, -0.1) is 0 Å². The molecular formula is C12H14FIO. The van der Waals surface area contributed by atoms with Crippen molar-refractivity contribution in [3.8, 4) is 5.75 Å². The maximum atomic E-state index is 13.1. The highest BCUT2D eigenvalue weighted by molar-refractivity contribution is 14.1. The first kappa shape index (κ1) is 12.5. The molecule has 0 spiro atoms. The molecule has 0 aliphatic carbocycles. The number of hydrogen-bond acceptors (Lipinski definition) is 1. The van der Waals surface area contributed by atoms with Crippen molar-refractivity contribution >= 4 is 22.6 Å². The van der Waals surface area contributed by atoms with Crippen LogP contribution in [0, 0.1) is 9.39 Å². The van der Waals surface area contributed by atoms with Gasteiger partial charge in [-0.1, -0.05) is 25.1 Å². The van der Waals surface area contributed by atoms with Gasteiger partial charge in [0.25, 0.3) is 0 Å². The monoisotopic (exact) mass is 320 g/mol. The first-order valence-corrected chi connectivity index (χ1v) is 6.05. The van der Waals surface area contributed by atoms with E-state index in [0.717, 1.165) is 12.8 Å². The molecular weight excluding hydrogens is 306 g/mol. The number of rotatable bonds is 5. The summed E-state index contributed by atoms with van der Waals surface area (Å²) in [4.78, 5) is 0. The van der Waals surface area contributed by atoms with Gasteiger partial charge in [0.1, 0.15) is 11.6 Å². The molecule has 0 aliphatic rings. The molecule has 0 unspecified atom stereocenters. The van der Waals surface area contributed by atoms with Gasteiger partial charge in [-0.2, -0.15) is 0 Å². The zero-order valence-electron chi connectivity index (χ0n) is 8.67. The highest BCUT2D eigenvalue weighted by Gasteiger charge is 2.04. The van der Waals surface area contributed by atoms with Gasteiger partial charge in [0, 0.05) is 0 Å². The van der Waals surface area contributed by atoms with Gasteiger partial charge >= 0.3 is 0 Å². The third-order valence-electron chi connectivity index (χ3n) is 1.86. The molecule has 3 heteroatoms. The molecule has 1 rings (SSSR count). The van der Waals surface area contributed by atoms with Crippen LogP contribution in [0.5, 0.6) is 5.75 Å². The summed E-state index contributed by atoms with van der Waals surface area (Å²) in [6.45, 7) is 2.68. The molecule has 0 bridgehead atoms. The molecule has 0 fully saturated rings. The Morgan fingerprint density at radius 1 is 1.40 bits per heavy atom. The number of hydrogen-bond donors (Lipinski definition) is 0. The third-order valence-corrected chi connectivity index (χ3v) is 2.91. The van der Waals surface area contributed by atoms with Gasteiger partial charge in [-0.25, -0.2) is 4.39 Å². The fraction of sp³-hybridized carbons (Fsp3) is 0.333. The topological polar surface area (TPSA) is 9.23 Å². The standard InChI is InChI=1S/C12H14FIO/c1-2-3-4-5-9-15-11-8-6-7-10(13)12(11)14/h3-4,6-8H,2,5,9H2,1H3. The second-order valence-electron chi connectivity index (χ2n) is 3.07. The molecule has 15 heavy (non-hydrogen) atoms. The van der Waals surface area contributed by atoms with Crippen LogP contribution in [0.15, 0.2) is 30.4 Å². The number of ether oxygens (including phenoxy) is 1. The largest absolute Gasteiger partial charge is 0.492 e. The van der Waals surface area contributed by atoms with E-state index in [2.05, 4.69) is 19.1 Å². The Morgan fingerprint density at radius 2 is 2.20 bits per heavy atom. The van der Waals surface area contributed by atoms with Crippen molar-refractivity contribution < 1.29 is 9.13 Å². The minimum absolute atomic E-state index is 0.225. The normalized spacial score (nSPS) is 10.9. The summed E-state index contributed by atoms with van der Waals surface area (Å²) >= 11 is 1.96. The Bertz CT molecular complexity index is 336. The van der Waals surface area contributed by atoms with Crippen LogP contribution in [0.4, 0.5) is 4.39 Å². The Kier molecular flexibility index (Phi) is 5.68. The number of halogens is 2. The van der Waals surface area contributed by atoms with Crippen molar-refractivity contribution in [1.29, 1.82) is 0 Å². The van der Waals surface area contributed by atoms with E-state index in [1.54, 1.807) is 12.1 Å². The molecule has 0 aromatic heterocycles. The van der Waals surface area contributed by atoms with Crippen LogP contribution in [0.1, 0.15) is 19.8 Å². The fourth-order valence-corrected chi connectivity index (χ4v) is 1.63. The lowest BCUT2D eigenvalue weighted by atomic mass is 10.3. The average molecular weight is 320 g/mol. The van der Waals surface area contributed by atoms with Gasteiger partial charge in [-0.3, -0.25) is 0 Å². The van der Waals surface area contributed by atoms with E-state index < -0.39 is 0 Å². The van der Waals surface area contributed by atoms with Crippen LogP contribution in [0.2, 0.25) is 0 Å². The summed E-state index contributed by atoms with van der Waals surface area (Å²) in [5.41, 5.74) is 0.